The van der Waals surface area contributed by atoms with E-state index in [1.807, 2.05) is 30.3 Å². The molecule has 128 valence electrons. The van der Waals surface area contributed by atoms with Crippen LogP contribution in [0.25, 0.3) is 10.9 Å². The van der Waals surface area contributed by atoms with E-state index in [1.165, 1.54) is 6.42 Å². The highest BCUT2D eigenvalue weighted by Gasteiger charge is 2.27. The van der Waals surface area contributed by atoms with Crippen molar-refractivity contribution < 1.29 is 9.53 Å². The lowest BCUT2D eigenvalue weighted by Crippen LogP contribution is -2.44. The monoisotopic (exact) mass is 327 g/mol. The molecular formula is C19H25N3O2. The average Bonchev–Trinajstić information content (AvgIpc) is 3.29. The van der Waals surface area contributed by atoms with Gasteiger partial charge >= 0.3 is 0 Å². The van der Waals surface area contributed by atoms with Crippen molar-refractivity contribution in [3.05, 3.63) is 36.0 Å². The van der Waals surface area contributed by atoms with Crippen LogP contribution in [0.15, 0.2) is 30.3 Å². The first-order valence-corrected chi connectivity index (χ1v) is 8.97. The number of rotatable bonds is 4. The highest BCUT2D eigenvalue weighted by Crippen LogP contribution is 2.22. The lowest BCUT2D eigenvalue weighted by atomic mass is 9.95. The number of amides is 1. The van der Waals surface area contributed by atoms with Crippen LogP contribution in [0.3, 0.4) is 0 Å². The molecule has 2 saturated heterocycles. The molecular weight excluding hydrogens is 302 g/mol. The minimum atomic E-state index is -0.00202. The Bertz CT molecular complexity index is 664. The zero-order valence-corrected chi connectivity index (χ0v) is 14.0. The number of ether oxygens (including phenoxy) is 1. The summed E-state index contributed by atoms with van der Waals surface area (Å²) in [6.45, 7) is 4.82. The van der Waals surface area contributed by atoms with Gasteiger partial charge in [-0.2, -0.15) is 0 Å². The standard InChI is InChI=1S/C19H25N3O2/c23-19(18-11-15-3-1-2-4-17(15)21-18)20-12-14-5-8-22(9-6-14)16-7-10-24-13-16/h1-4,11,14,16,21H,5-10,12-13H2,(H,20,23)/t16-/m0/s1. The molecule has 1 aromatic carbocycles. The van der Waals surface area contributed by atoms with Crippen LogP contribution in [-0.2, 0) is 4.74 Å². The van der Waals surface area contributed by atoms with Crippen LogP contribution in [0, 0.1) is 5.92 Å². The molecule has 2 N–H and O–H groups in total. The molecule has 0 radical (unpaired) electrons. The largest absolute Gasteiger partial charge is 0.380 e. The highest BCUT2D eigenvalue weighted by molar-refractivity contribution is 5.97. The molecule has 1 aromatic heterocycles. The SMILES string of the molecule is O=C(NCC1CCN([C@H]2CCOC2)CC1)c1cc2ccccc2[nH]1. The summed E-state index contributed by atoms with van der Waals surface area (Å²) in [6.07, 6.45) is 3.48. The molecule has 4 rings (SSSR count). The minimum absolute atomic E-state index is 0.00202. The topological polar surface area (TPSA) is 57.4 Å². The van der Waals surface area contributed by atoms with Crippen LogP contribution in [0.2, 0.25) is 0 Å². The predicted octanol–water partition coefficient (Wildman–Crippen LogP) is 2.40. The fraction of sp³-hybridized carbons (Fsp3) is 0.526. The summed E-state index contributed by atoms with van der Waals surface area (Å²) >= 11 is 0. The van der Waals surface area contributed by atoms with E-state index < -0.39 is 0 Å². The lowest BCUT2D eigenvalue weighted by molar-refractivity contribution is 0.0907. The van der Waals surface area contributed by atoms with Crippen molar-refractivity contribution in [2.75, 3.05) is 32.8 Å². The third-order valence-electron chi connectivity index (χ3n) is 5.40. The first kappa shape index (κ1) is 15.7. The molecule has 2 fully saturated rings. The number of piperidine rings is 1. The molecule has 2 aromatic rings. The van der Waals surface area contributed by atoms with Gasteiger partial charge in [-0.15, -0.1) is 0 Å². The second kappa shape index (κ2) is 6.95. The average molecular weight is 327 g/mol. The number of H-pyrrole nitrogens is 1. The summed E-state index contributed by atoms with van der Waals surface area (Å²) in [5.41, 5.74) is 1.66. The van der Waals surface area contributed by atoms with Crippen molar-refractivity contribution in [1.29, 1.82) is 0 Å². The molecule has 1 amide bonds. The first-order chi connectivity index (χ1) is 11.8. The number of para-hydroxylation sites is 1. The molecule has 0 aliphatic carbocycles. The number of nitrogens with one attached hydrogen (secondary N) is 2. The smallest absolute Gasteiger partial charge is 0.267 e. The summed E-state index contributed by atoms with van der Waals surface area (Å²) in [5, 5.41) is 4.18. The fourth-order valence-electron chi connectivity index (χ4n) is 3.86. The van der Waals surface area contributed by atoms with Crippen molar-refractivity contribution >= 4 is 16.8 Å². The van der Waals surface area contributed by atoms with Crippen molar-refractivity contribution in [2.45, 2.75) is 25.3 Å². The van der Waals surface area contributed by atoms with Gasteiger partial charge in [0.05, 0.1) is 6.61 Å². The van der Waals surface area contributed by atoms with E-state index in [-0.39, 0.29) is 5.91 Å². The van der Waals surface area contributed by atoms with Gasteiger partial charge in [-0.25, -0.2) is 0 Å². The third-order valence-corrected chi connectivity index (χ3v) is 5.40. The Hall–Kier alpha value is -1.85. The van der Waals surface area contributed by atoms with E-state index in [1.54, 1.807) is 0 Å². The fourth-order valence-corrected chi connectivity index (χ4v) is 3.86. The minimum Gasteiger partial charge on any atom is -0.380 e. The third kappa shape index (κ3) is 3.32. The summed E-state index contributed by atoms with van der Waals surface area (Å²) in [5.74, 6) is 0.578. The molecule has 0 bridgehead atoms. The van der Waals surface area contributed by atoms with Gasteiger partial charge in [-0.3, -0.25) is 9.69 Å². The Kier molecular flexibility index (Phi) is 4.54. The number of likely N-dealkylation sites (tertiary alicyclic amines) is 1. The second-order valence-corrected chi connectivity index (χ2v) is 6.98. The molecule has 0 unspecified atom stereocenters. The van der Waals surface area contributed by atoms with Crippen molar-refractivity contribution in [2.24, 2.45) is 5.92 Å². The number of hydrogen-bond acceptors (Lipinski definition) is 3. The van der Waals surface area contributed by atoms with Gasteiger partial charge in [0.1, 0.15) is 5.69 Å². The number of aromatic amines is 1. The molecule has 5 nitrogen and oxygen atoms in total. The quantitative estimate of drug-likeness (QED) is 0.906. The van der Waals surface area contributed by atoms with Crippen LogP contribution in [-0.4, -0.2) is 54.7 Å². The maximum atomic E-state index is 12.4. The van der Waals surface area contributed by atoms with E-state index in [0.717, 1.165) is 56.6 Å². The van der Waals surface area contributed by atoms with Gasteiger partial charge in [0.25, 0.3) is 5.91 Å². The van der Waals surface area contributed by atoms with Gasteiger partial charge in [0, 0.05) is 30.1 Å². The van der Waals surface area contributed by atoms with E-state index in [4.69, 9.17) is 4.74 Å². The normalized spacial score (nSPS) is 22.9. The highest BCUT2D eigenvalue weighted by atomic mass is 16.5. The maximum absolute atomic E-state index is 12.4. The maximum Gasteiger partial charge on any atom is 0.267 e. The summed E-state index contributed by atoms with van der Waals surface area (Å²) in [7, 11) is 0. The summed E-state index contributed by atoms with van der Waals surface area (Å²) in [4.78, 5) is 18.1. The van der Waals surface area contributed by atoms with Crippen LogP contribution in [0.4, 0.5) is 0 Å². The van der Waals surface area contributed by atoms with Gasteiger partial charge < -0.3 is 15.0 Å². The Morgan fingerprint density at radius 2 is 2.08 bits per heavy atom. The lowest BCUT2D eigenvalue weighted by Gasteiger charge is -2.35. The zero-order chi connectivity index (χ0) is 16.4. The number of hydrogen-bond donors (Lipinski definition) is 2. The van der Waals surface area contributed by atoms with Gasteiger partial charge in [-0.05, 0) is 50.4 Å². The second-order valence-electron chi connectivity index (χ2n) is 6.98. The van der Waals surface area contributed by atoms with Crippen LogP contribution in [0.5, 0.6) is 0 Å². The van der Waals surface area contributed by atoms with E-state index >= 15 is 0 Å². The van der Waals surface area contributed by atoms with E-state index in [0.29, 0.717) is 17.7 Å². The Labute approximate surface area is 142 Å². The summed E-state index contributed by atoms with van der Waals surface area (Å²) < 4.78 is 5.49. The van der Waals surface area contributed by atoms with Crippen LogP contribution >= 0.6 is 0 Å². The Morgan fingerprint density at radius 1 is 1.25 bits per heavy atom. The van der Waals surface area contributed by atoms with Crippen LogP contribution < -0.4 is 5.32 Å². The number of aromatic nitrogens is 1. The Balaban J connectivity index is 1.27. The molecule has 0 spiro atoms. The van der Waals surface area contributed by atoms with Gasteiger partial charge in [0.2, 0.25) is 0 Å². The predicted molar refractivity (Wildman–Crippen MR) is 94.2 cm³/mol. The molecule has 2 aliphatic heterocycles. The van der Waals surface area contributed by atoms with E-state index in [2.05, 4.69) is 15.2 Å². The van der Waals surface area contributed by atoms with Crippen molar-refractivity contribution in [3.63, 3.8) is 0 Å². The van der Waals surface area contributed by atoms with E-state index in [9.17, 15) is 4.79 Å². The van der Waals surface area contributed by atoms with Crippen LogP contribution in [0.1, 0.15) is 29.8 Å². The molecule has 24 heavy (non-hydrogen) atoms. The molecule has 5 heteroatoms. The first-order valence-electron chi connectivity index (χ1n) is 8.97. The Morgan fingerprint density at radius 3 is 2.83 bits per heavy atom. The number of benzene rings is 1. The van der Waals surface area contributed by atoms with Crippen molar-refractivity contribution in [3.8, 4) is 0 Å². The number of carbonyl (C=O) groups is 1. The number of fused-ring (bicyclic) bond motifs is 1. The zero-order valence-electron chi connectivity index (χ0n) is 14.0. The van der Waals surface area contributed by atoms with Crippen molar-refractivity contribution in [1.82, 2.24) is 15.2 Å². The molecule has 2 aliphatic rings. The van der Waals surface area contributed by atoms with Gasteiger partial charge in [-0.1, -0.05) is 18.2 Å². The molecule has 0 saturated carbocycles. The van der Waals surface area contributed by atoms with Gasteiger partial charge in [0.15, 0.2) is 0 Å². The molecule has 3 heterocycles. The summed E-state index contributed by atoms with van der Waals surface area (Å²) in [6, 6.07) is 10.5. The number of nitrogens with zero attached hydrogens (tertiary/aromatic N) is 1. The molecule has 1 atom stereocenters. The number of carbonyl (C=O) groups excluding carboxylic acids is 1.